The maximum absolute atomic E-state index is 11.8. The Bertz CT molecular complexity index is 536. The Morgan fingerprint density at radius 2 is 2.21 bits per heavy atom. The number of hydrogen-bond donors (Lipinski definition) is 1. The highest BCUT2D eigenvalue weighted by Gasteiger charge is 2.28. The fourth-order valence-electron chi connectivity index (χ4n) is 2.21. The van der Waals surface area contributed by atoms with E-state index < -0.39 is 5.97 Å². The molecule has 0 saturated heterocycles. The van der Waals surface area contributed by atoms with Crippen LogP contribution < -0.4 is 0 Å². The lowest BCUT2D eigenvalue weighted by molar-refractivity contribution is 0.0510. The third-order valence-electron chi connectivity index (χ3n) is 3.21. The molecule has 1 aliphatic heterocycles. The number of ether oxygens (including phenoxy) is 1. The molecule has 0 aromatic carbocycles. The summed E-state index contributed by atoms with van der Waals surface area (Å²) in [5, 5.41) is 9.90. The van der Waals surface area contributed by atoms with E-state index in [4.69, 9.17) is 4.74 Å². The second-order valence-electron chi connectivity index (χ2n) is 5.67. The molecule has 1 aliphatic rings. The van der Waals surface area contributed by atoms with Crippen LogP contribution in [0.5, 0.6) is 5.75 Å². The number of esters is 1. The third-order valence-corrected chi connectivity index (χ3v) is 3.21. The van der Waals surface area contributed by atoms with E-state index in [0.717, 1.165) is 12.1 Å². The molecule has 0 fully saturated rings. The Kier molecular flexibility index (Phi) is 3.39. The van der Waals surface area contributed by atoms with Gasteiger partial charge in [0.1, 0.15) is 5.82 Å². The van der Waals surface area contributed by atoms with Crippen LogP contribution in [0, 0.1) is 5.41 Å². The predicted octanol–water partition coefficient (Wildman–Crippen LogP) is 2.89. The third kappa shape index (κ3) is 2.50. The van der Waals surface area contributed by atoms with Gasteiger partial charge in [0.25, 0.3) is 0 Å². The molecular weight excluding hydrogens is 244 g/mol. The van der Waals surface area contributed by atoms with Crippen LogP contribution in [0.1, 0.15) is 44.6 Å². The van der Waals surface area contributed by atoms with Crippen LogP contribution in [0.25, 0.3) is 0 Å². The summed E-state index contributed by atoms with van der Waals surface area (Å²) >= 11 is 0. The number of carbonyl (C=O) groups excluding carboxylic acids is 1. The first-order chi connectivity index (χ1) is 8.84. The standard InChI is InChI=1S/C14H20N2O3/c1-5-19-13(18)12-9(17)8-11-15-10(14(2,3)4)6-7-16(11)12/h8,17H,5-7H2,1-4H3. The van der Waals surface area contributed by atoms with Crippen molar-refractivity contribution in [2.24, 2.45) is 10.4 Å². The highest BCUT2D eigenvalue weighted by Crippen LogP contribution is 2.35. The molecule has 0 amide bonds. The van der Waals surface area contributed by atoms with Crippen LogP contribution in [0.3, 0.4) is 0 Å². The molecule has 0 atom stereocenters. The SMILES string of the molecule is CCOC(=O)c1c(O)cc2n1CCC(C(C)(C)C)=N2. The molecule has 5 nitrogen and oxygen atoms in total. The van der Waals surface area contributed by atoms with Gasteiger partial charge in [-0.15, -0.1) is 0 Å². The summed E-state index contributed by atoms with van der Waals surface area (Å²) in [6.45, 7) is 8.99. The Morgan fingerprint density at radius 3 is 2.79 bits per heavy atom. The lowest BCUT2D eigenvalue weighted by Gasteiger charge is -2.26. The van der Waals surface area contributed by atoms with Gasteiger partial charge in [0.2, 0.25) is 0 Å². The summed E-state index contributed by atoms with van der Waals surface area (Å²) in [6.07, 6.45) is 0.775. The average Bonchev–Trinajstić information content (AvgIpc) is 2.62. The minimum atomic E-state index is -0.499. The van der Waals surface area contributed by atoms with E-state index in [1.54, 1.807) is 11.5 Å². The number of carbonyl (C=O) groups is 1. The van der Waals surface area contributed by atoms with Gasteiger partial charge in [-0.1, -0.05) is 20.8 Å². The van der Waals surface area contributed by atoms with Crippen molar-refractivity contribution >= 4 is 17.5 Å². The summed E-state index contributed by atoms with van der Waals surface area (Å²) in [5.41, 5.74) is 1.27. The van der Waals surface area contributed by atoms with Gasteiger partial charge in [0.15, 0.2) is 11.4 Å². The molecular formula is C14H20N2O3. The minimum absolute atomic E-state index is 0.00473. The van der Waals surface area contributed by atoms with Gasteiger partial charge in [-0.2, -0.15) is 0 Å². The van der Waals surface area contributed by atoms with Crippen molar-refractivity contribution in [2.45, 2.75) is 40.7 Å². The lowest BCUT2D eigenvalue weighted by atomic mass is 9.87. The largest absolute Gasteiger partial charge is 0.505 e. The Labute approximate surface area is 112 Å². The smallest absolute Gasteiger partial charge is 0.358 e. The maximum Gasteiger partial charge on any atom is 0.358 e. The molecule has 0 spiro atoms. The van der Waals surface area contributed by atoms with Crippen molar-refractivity contribution in [1.29, 1.82) is 0 Å². The second kappa shape index (κ2) is 4.72. The van der Waals surface area contributed by atoms with Crippen molar-refractivity contribution in [3.63, 3.8) is 0 Å². The molecule has 1 N–H and O–H groups in total. The van der Waals surface area contributed by atoms with Crippen LogP contribution in [-0.2, 0) is 11.3 Å². The zero-order valence-corrected chi connectivity index (χ0v) is 11.9. The van der Waals surface area contributed by atoms with E-state index in [1.807, 2.05) is 0 Å². The van der Waals surface area contributed by atoms with E-state index >= 15 is 0 Å². The minimum Gasteiger partial charge on any atom is -0.505 e. The number of aromatic nitrogens is 1. The van der Waals surface area contributed by atoms with Crippen molar-refractivity contribution in [3.05, 3.63) is 11.8 Å². The van der Waals surface area contributed by atoms with Gasteiger partial charge in [-0.25, -0.2) is 9.79 Å². The normalized spacial score (nSPS) is 14.8. The number of fused-ring (bicyclic) bond motifs is 1. The molecule has 1 aromatic heterocycles. The van der Waals surface area contributed by atoms with Gasteiger partial charge in [-0.3, -0.25) is 0 Å². The maximum atomic E-state index is 11.8. The van der Waals surface area contributed by atoms with E-state index in [9.17, 15) is 9.90 Å². The summed E-state index contributed by atoms with van der Waals surface area (Å²) in [4.78, 5) is 16.4. The molecule has 5 heteroatoms. The lowest BCUT2D eigenvalue weighted by Crippen LogP contribution is -2.25. The summed E-state index contributed by atoms with van der Waals surface area (Å²) in [7, 11) is 0. The van der Waals surface area contributed by atoms with E-state index in [-0.39, 0.29) is 23.5 Å². The van der Waals surface area contributed by atoms with Crippen molar-refractivity contribution < 1.29 is 14.6 Å². The van der Waals surface area contributed by atoms with Gasteiger partial charge < -0.3 is 14.4 Å². The van der Waals surface area contributed by atoms with Crippen molar-refractivity contribution in [3.8, 4) is 5.75 Å². The van der Waals surface area contributed by atoms with Crippen molar-refractivity contribution in [2.75, 3.05) is 6.61 Å². The summed E-state index contributed by atoms with van der Waals surface area (Å²) < 4.78 is 6.68. The molecule has 0 unspecified atom stereocenters. The fourth-order valence-corrected chi connectivity index (χ4v) is 2.21. The second-order valence-corrected chi connectivity index (χ2v) is 5.67. The molecule has 2 heterocycles. The summed E-state index contributed by atoms with van der Waals surface area (Å²) in [5.74, 6) is 0.0599. The molecule has 104 valence electrons. The Hall–Kier alpha value is -1.78. The number of hydrogen-bond acceptors (Lipinski definition) is 4. The van der Waals surface area contributed by atoms with Crippen LogP contribution in [-0.4, -0.2) is 28.0 Å². The van der Waals surface area contributed by atoms with Crippen LogP contribution in [0.15, 0.2) is 11.1 Å². The number of rotatable bonds is 2. The zero-order chi connectivity index (χ0) is 14.2. The first kappa shape index (κ1) is 13.6. The molecule has 19 heavy (non-hydrogen) atoms. The molecule has 0 aliphatic carbocycles. The Morgan fingerprint density at radius 1 is 1.53 bits per heavy atom. The topological polar surface area (TPSA) is 63.8 Å². The molecule has 0 bridgehead atoms. The highest BCUT2D eigenvalue weighted by atomic mass is 16.5. The first-order valence-electron chi connectivity index (χ1n) is 6.52. The predicted molar refractivity (Wildman–Crippen MR) is 73.2 cm³/mol. The van der Waals surface area contributed by atoms with Gasteiger partial charge in [0.05, 0.1) is 6.61 Å². The summed E-state index contributed by atoms with van der Waals surface area (Å²) in [6, 6.07) is 1.52. The van der Waals surface area contributed by atoms with Gasteiger partial charge in [0, 0.05) is 30.2 Å². The van der Waals surface area contributed by atoms with E-state index in [0.29, 0.717) is 12.4 Å². The van der Waals surface area contributed by atoms with E-state index in [2.05, 4.69) is 25.8 Å². The number of aliphatic imine (C=N–C) groups is 1. The highest BCUT2D eigenvalue weighted by molar-refractivity contribution is 5.95. The monoisotopic (exact) mass is 264 g/mol. The van der Waals surface area contributed by atoms with E-state index in [1.165, 1.54) is 6.07 Å². The van der Waals surface area contributed by atoms with Crippen LogP contribution in [0.2, 0.25) is 0 Å². The molecule has 0 radical (unpaired) electrons. The van der Waals surface area contributed by atoms with Gasteiger partial charge in [-0.05, 0) is 6.92 Å². The number of aromatic hydroxyl groups is 1. The molecule has 0 saturated carbocycles. The van der Waals surface area contributed by atoms with Gasteiger partial charge >= 0.3 is 5.97 Å². The molecule has 2 rings (SSSR count). The van der Waals surface area contributed by atoms with Crippen LogP contribution in [0.4, 0.5) is 5.82 Å². The Balaban J connectivity index is 2.43. The quantitative estimate of drug-likeness (QED) is 0.835. The average molecular weight is 264 g/mol. The number of nitrogens with zero attached hydrogens (tertiary/aromatic N) is 2. The fraction of sp³-hybridized carbons (Fsp3) is 0.571. The first-order valence-corrected chi connectivity index (χ1v) is 6.52. The zero-order valence-electron chi connectivity index (χ0n) is 11.9. The van der Waals surface area contributed by atoms with Crippen LogP contribution >= 0.6 is 0 Å². The molecule has 1 aromatic rings. The van der Waals surface area contributed by atoms with Crippen molar-refractivity contribution in [1.82, 2.24) is 4.57 Å².